The number of nitro groups is 1. The van der Waals surface area contributed by atoms with E-state index in [4.69, 9.17) is 0 Å². The minimum atomic E-state index is -0.387. The summed E-state index contributed by atoms with van der Waals surface area (Å²) in [7, 11) is 1.38. The number of ether oxygens (including phenoxy) is 1. The lowest BCUT2D eigenvalue weighted by Gasteiger charge is -2.10. The molecule has 2 rings (SSSR count). The monoisotopic (exact) mass is 413 g/mol. The maximum atomic E-state index is 11.3. The number of allylic oxidation sites excluding steroid dienone is 1. The van der Waals surface area contributed by atoms with E-state index in [1.807, 2.05) is 36.4 Å². The Labute approximate surface area is 174 Å². The number of benzene rings is 1. The lowest BCUT2D eigenvalue weighted by molar-refractivity contribution is -0.462. The minimum Gasteiger partial charge on any atom is -0.469 e. The molecule has 1 aromatic heterocycles. The van der Waals surface area contributed by atoms with Crippen LogP contribution in [0.3, 0.4) is 0 Å². The average molecular weight is 413 g/mol. The number of pyridine rings is 1. The zero-order valence-electron chi connectivity index (χ0n) is 16.4. The largest absolute Gasteiger partial charge is 0.469 e. The van der Waals surface area contributed by atoms with Crippen molar-refractivity contribution in [3.63, 3.8) is 0 Å². The van der Waals surface area contributed by atoms with Gasteiger partial charge in [0, 0.05) is 29.3 Å². The van der Waals surface area contributed by atoms with Crippen molar-refractivity contribution in [2.45, 2.75) is 19.3 Å². The second kappa shape index (κ2) is 11.8. The van der Waals surface area contributed by atoms with E-state index in [0.717, 1.165) is 16.7 Å². The zero-order chi connectivity index (χ0) is 21.1. The number of nitrogens with zero attached hydrogens (tertiary/aromatic N) is 3. The van der Waals surface area contributed by atoms with Crippen LogP contribution in [-0.4, -0.2) is 40.8 Å². The molecule has 0 radical (unpaired) electrons. The molecule has 0 fully saturated rings. The summed E-state index contributed by atoms with van der Waals surface area (Å²) in [5.41, 5.74) is 3.50. The highest BCUT2D eigenvalue weighted by Gasteiger charge is 2.09. The van der Waals surface area contributed by atoms with Crippen molar-refractivity contribution >= 4 is 34.0 Å². The van der Waals surface area contributed by atoms with E-state index >= 15 is 0 Å². The van der Waals surface area contributed by atoms with Crippen LogP contribution < -0.4 is 0 Å². The summed E-state index contributed by atoms with van der Waals surface area (Å²) >= 11 is 1.27. The van der Waals surface area contributed by atoms with Crippen molar-refractivity contribution in [2.24, 2.45) is 4.99 Å². The molecule has 0 aliphatic rings. The van der Waals surface area contributed by atoms with Gasteiger partial charge >= 0.3 is 5.97 Å². The van der Waals surface area contributed by atoms with Crippen molar-refractivity contribution < 1.29 is 14.5 Å². The van der Waals surface area contributed by atoms with Crippen LogP contribution in [0.25, 0.3) is 5.57 Å². The van der Waals surface area contributed by atoms with E-state index in [1.54, 1.807) is 18.6 Å². The summed E-state index contributed by atoms with van der Waals surface area (Å²) in [6.07, 6.45) is 9.06. The van der Waals surface area contributed by atoms with Gasteiger partial charge in [-0.3, -0.25) is 19.9 Å². The molecule has 152 valence electrons. The summed E-state index contributed by atoms with van der Waals surface area (Å²) in [6.45, 7) is -0.301. The lowest BCUT2D eigenvalue weighted by atomic mass is 9.97. The first-order chi connectivity index (χ1) is 14.0. The second-order valence-corrected chi connectivity index (χ2v) is 6.96. The fourth-order valence-corrected chi connectivity index (χ4v) is 3.09. The molecule has 0 bridgehead atoms. The lowest BCUT2D eigenvalue weighted by Crippen LogP contribution is -2.09. The average Bonchev–Trinajstić information content (AvgIpc) is 2.73. The number of rotatable bonds is 9. The van der Waals surface area contributed by atoms with E-state index in [-0.39, 0.29) is 17.4 Å². The van der Waals surface area contributed by atoms with E-state index in [1.165, 1.54) is 18.9 Å². The van der Waals surface area contributed by atoms with Gasteiger partial charge in [-0.1, -0.05) is 24.3 Å². The number of unbranched alkanes of at least 4 members (excludes halogenated alkanes) is 1. The van der Waals surface area contributed by atoms with Gasteiger partial charge in [-0.05, 0) is 48.4 Å². The van der Waals surface area contributed by atoms with E-state index < -0.39 is 0 Å². The molecule has 0 spiro atoms. The number of thioether (sulfide) groups is 1. The summed E-state index contributed by atoms with van der Waals surface area (Å²) in [5, 5.41) is 11.2. The molecule has 1 aromatic carbocycles. The standard InChI is InChI=1S/C21H23N3O4S/c1-28-21(25)11-4-3-10-19(17-8-6-12-22-14-17)16-7-5-9-18(13-16)23-20(29-2)15-24(26)27/h5-10,12-14H,3-4,11,15H2,1-2H3/b19-10+,23-20?. The molecule has 0 N–H and O–H groups in total. The maximum Gasteiger partial charge on any atom is 0.305 e. The third-order valence-electron chi connectivity index (χ3n) is 4.04. The predicted molar refractivity (Wildman–Crippen MR) is 116 cm³/mol. The van der Waals surface area contributed by atoms with Gasteiger partial charge in [0.1, 0.15) is 5.04 Å². The fourth-order valence-electron chi connectivity index (χ4n) is 2.66. The molecular weight excluding hydrogens is 390 g/mol. The van der Waals surface area contributed by atoms with Crippen LogP contribution in [0, 0.1) is 10.1 Å². The van der Waals surface area contributed by atoms with Crippen LogP contribution in [-0.2, 0) is 9.53 Å². The summed E-state index contributed by atoms with van der Waals surface area (Å²) < 4.78 is 4.68. The van der Waals surface area contributed by atoms with Gasteiger partial charge in [-0.15, -0.1) is 11.8 Å². The van der Waals surface area contributed by atoms with E-state index in [0.29, 0.717) is 30.0 Å². The van der Waals surface area contributed by atoms with Crippen molar-refractivity contribution in [1.82, 2.24) is 4.98 Å². The van der Waals surface area contributed by atoms with Crippen LogP contribution >= 0.6 is 11.8 Å². The highest BCUT2D eigenvalue weighted by Crippen LogP contribution is 2.27. The highest BCUT2D eigenvalue weighted by molar-refractivity contribution is 8.13. The first-order valence-electron chi connectivity index (χ1n) is 9.04. The van der Waals surface area contributed by atoms with Crippen molar-refractivity contribution in [1.29, 1.82) is 0 Å². The number of methoxy groups -OCH3 is 1. The van der Waals surface area contributed by atoms with Gasteiger partial charge in [0.2, 0.25) is 0 Å². The van der Waals surface area contributed by atoms with Gasteiger partial charge in [0.05, 0.1) is 12.8 Å². The van der Waals surface area contributed by atoms with Crippen LogP contribution in [0.5, 0.6) is 0 Å². The van der Waals surface area contributed by atoms with Crippen LogP contribution in [0.4, 0.5) is 5.69 Å². The molecule has 8 heteroatoms. The Morgan fingerprint density at radius 3 is 2.76 bits per heavy atom. The number of aromatic nitrogens is 1. The summed E-state index contributed by atoms with van der Waals surface area (Å²) in [4.78, 5) is 30.4. The Kier molecular flexibility index (Phi) is 9.04. The van der Waals surface area contributed by atoms with E-state index in [9.17, 15) is 14.9 Å². The number of esters is 1. The number of carbonyl (C=O) groups excluding carboxylic acids is 1. The number of aliphatic imine (C=N–C) groups is 1. The third-order valence-corrected chi connectivity index (χ3v) is 4.74. The van der Waals surface area contributed by atoms with Gasteiger partial charge in [0.25, 0.3) is 6.54 Å². The first-order valence-corrected chi connectivity index (χ1v) is 10.3. The molecule has 0 saturated heterocycles. The summed E-state index contributed by atoms with van der Waals surface area (Å²) in [6, 6.07) is 11.4. The fraction of sp³-hybridized carbons (Fsp3) is 0.286. The van der Waals surface area contributed by atoms with Crippen LogP contribution in [0.1, 0.15) is 30.4 Å². The topological polar surface area (TPSA) is 94.7 Å². The Balaban J connectivity index is 2.32. The van der Waals surface area contributed by atoms with Gasteiger partial charge in [0.15, 0.2) is 0 Å². The molecule has 0 unspecified atom stereocenters. The Hall–Kier alpha value is -3.00. The molecule has 0 aliphatic carbocycles. The Morgan fingerprint density at radius 1 is 1.31 bits per heavy atom. The molecule has 0 saturated carbocycles. The quantitative estimate of drug-likeness (QED) is 0.150. The third kappa shape index (κ3) is 7.50. The first kappa shape index (κ1) is 22.3. The van der Waals surface area contributed by atoms with Gasteiger partial charge in [-0.25, -0.2) is 4.99 Å². The van der Waals surface area contributed by atoms with Crippen molar-refractivity contribution in [2.75, 3.05) is 19.9 Å². The van der Waals surface area contributed by atoms with Crippen LogP contribution in [0.2, 0.25) is 0 Å². The predicted octanol–water partition coefficient (Wildman–Crippen LogP) is 4.53. The second-order valence-electron chi connectivity index (χ2n) is 6.08. The Bertz CT molecular complexity index is 898. The van der Waals surface area contributed by atoms with Crippen LogP contribution in [0.15, 0.2) is 59.9 Å². The number of carbonyl (C=O) groups is 1. The van der Waals surface area contributed by atoms with Gasteiger partial charge in [-0.2, -0.15) is 0 Å². The normalized spacial score (nSPS) is 11.9. The van der Waals surface area contributed by atoms with Gasteiger partial charge < -0.3 is 4.74 Å². The molecular formula is C21H23N3O4S. The maximum absolute atomic E-state index is 11.3. The number of hydrogen-bond donors (Lipinski definition) is 0. The molecule has 2 aromatic rings. The molecule has 29 heavy (non-hydrogen) atoms. The van der Waals surface area contributed by atoms with E-state index in [2.05, 4.69) is 20.8 Å². The molecule has 0 atom stereocenters. The molecule has 0 aliphatic heterocycles. The minimum absolute atomic E-state index is 0.229. The number of hydrogen-bond acceptors (Lipinski definition) is 7. The zero-order valence-corrected chi connectivity index (χ0v) is 17.2. The van der Waals surface area contributed by atoms with Crippen molar-refractivity contribution in [3.8, 4) is 0 Å². The van der Waals surface area contributed by atoms with Crippen molar-refractivity contribution in [3.05, 3.63) is 76.1 Å². The molecule has 1 heterocycles. The molecule has 0 amide bonds. The molecule has 7 nitrogen and oxygen atoms in total. The smallest absolute Gasteiger partial charge is 0.305 e. The Morgan fingerprint density at radius 2 is 2.10 bits per heavy atom. The SMILES string of the molecule is COC(=O)CCC/C=C(/c1cccnc1)c1cccc(N=C(C[N+](=O)[O-])SC)c1. The summed E-state index contributed by atoms with van der Waals surface area (Å²) in [5.74, 6) is -0.229. The highest BCUT2D eigenvalue weighted by atomic mass is 32.2.